The van der Waals surface area contributed by atoms with Crippen LogP contribution in [0.4, 0.5) is 4.39 Å². The lowest BCUT2D eigenvalue weighted by molar-refractivity contribution is 0.232. The molecule has 0 aromatic heterocycles. The van der Waals surface area contributed by atoms with E-state index < -0.39 is 15.8 Å². The van der Waals surface area contributed by atoms with Crippen molar-refractivity contribution in [1.82, 2.24) is 4.72 Å². The minimum atomic E-state index is -3.66. The normalized spacial score (nSPS) is 18.5. The van der Waals surface area contributed by atoms with Crippen LogP contribution in [-0.4, -0.2) is 27.6 Å². The average Bonchev–Trinajstić information content (AvgIpc) is 2.72. The van der Waals surface area contributed by atoms with Gasteiger partial charge in [0.25, 0.3) is 0 Å². The van der Waals surface area contributed by atoms with Crippen LogP contribution in [0.1, 0.15) is 12.5 Å². The molecular weight excluding hydrogens is 259 g/mol. The van der Waals surface area contributed by atoms with Gasteiger partial charge in [0, 0.05) is 25.1 Å². The molecule has 100 valence electrons. The van der Waals surface area contributed by atoms with Crippen molar-refractivity contribution in [3.8, 4) is 5.75 Å². The van der Waals surface area contributed by atoms with E-state index in [1.54, 1.807) is 6.92 Å². The summed E-state index contributed by atoms with van der Waals surface area (Å²) in [5.74, 6) is -0.555. The largest absolute Gasteiger partial charge is 0.485 e. The Kier molecular flexibility index (Phi) is 3.56. The van der Waals surface area contributed by atoms with E-state index in [-0.39, 0.29) is 29.8 Å². The molecule has 1 aromatic rings. The van der Waals surface area contributed by atoms with Crippen LogP contribution in [0.3, 0.4) is 0 Å². The maximum atomic E-state index is 13.8. The van der Waals surface area contributed by atoms with E-state index in [0.717, 1.165) is 6.07 Å². The van der Waals surface area contributed by atoms with Gasteiger partial charge < -0.3 is 10.5 Å². The third kappa shape index (κ3) is 2.33. The van der Waals surface area contributed by atoms with Gasteiger partial charge in [-0.1, -0.05) is 6.92 Å². The molecule has 1 aliphatic heterocycles. The fourth-order valence-electron chi connectivity index (χ4n) is 1.92. The molecule has 18 heavy (non-hydrogen) atoms. The number of hydrogen-bond acceptors (Lipinski definition) is 4. The second-order valence-electron chi connectivity index (χ2n) is 4.07. The summed E-state index contributed by atoms with van der Waals surface area (Å²) in [4.78, 5) is -0.0816. The first kappa shape index (κ1) is 13.3. The zero-order valence-electron chi connectivity index (χ0n) is 9.94. The number of nitrogens with two attached hydrogens (primary N) is 1. The van der Waals surface area contributed by atoms with Gasteiger partial charge in [0.2, 0.25) is 10.0 Å². The highest BCUT2D eigenvalue weighted by molar-refractivity contribution is 7.89. The standard InChI is InChI=1S/C11H15FN2O3S/c1-2-14-18(15,16)9-4-7-3-8(6-13)17-11(7)10(12)5-9/h4-5,8,14H,2-3,6,13H2,1H3. The Balaban J connectivity index is 2.42. The Morgan fingerprint density at radius 1 is 1.56 bits per heavy atom. The summed E-state index contributed by atoms with van der Waals surface area (Å²) in [5.41, 5.74) is 6.00. The predicted molar refractivity (Wildman–Crippen MR) is 64.4 cm³/mol. The van der Waals surface area contributed by atoms with Crippen molar-refractivity contribution in [2.75, 3.05) is 13.1 Å². The second kappa shape index (κ2) is 4.83. The minimum Gasteiger partial charge on any atom is -0.485 e. The molecule has 7 heteroatoms. The molecule has 0 saturated heterocycles. The van der Waals surface area contributed by atoms with Gasteiger partial charge in [-0.3, -0.25) is 0 Å². The molecule has 1 heterocycles. The Bertz CT molecular complexity index is 560. The predicted octanol–water partition coefficient (Wildman–Crippen LogP) is 0.386. The molecule has 0 amide bonds. The van der Waals surface area contributed by atoms with Crippen molar-refractivity contribution in [3.63, 3.8) is 0 Å². The van der Waals surface area contributed by atoms with E-state index in [1.807, 2.05) is 0 Å². The highest BCUT2D eigenvalue weighted by Gasteiger charge is 2.27. The van der Waals surface area contributed by atoms with Crippen LogP contribution in [0.5, 0.6) is 5.75 Å². The highest BCUT2D eigenvalue weighted by atomic mass is 32.2. The molecule has 5 nitrogen and oxygen atoms in total. The maximum Gasteiger partial charge on any atom is 0.240 e. The molecule has 0 aliphatic carbocycles. The van der Waals surface area contributed by atoms with Gasteiger partial charge in [0.15, 0.2) is 11.6 Å². The summed E-state index contributed by atoms with van der Waals surface area (Å²) in [5, 5.41) is 0. The van der Waals surface area contributed by atoms with Crippen molar-refractivity contribution < 1.29 is 17.5 Å². The van der Waals surface area contributed by atoms with Crippen LogP contribution in [-0.2, 0) is 16.4 Å². The van der Waals surface area contributed by atoms with Crippen molar-refractivity contribution in [2.45, 2.75) is 24.3 Å². The first-order valence-electron chi connectivity index (χ1n) is 5.66. The Morgan fingerprint density at radius 3 is 2.89 bits per heavy atom. The summed E-state index contributed by atoms with van der Waals surface area (Å²) >= 11 is 0. The van der Waals surface area contributed by atoms with Crippen LogP contribution < -0.4 is 15.2 Å². The third-order valence-corrected chi connectivity index (χ3v) is 4.26. The summed E-state index contributed by atoms with van der Waals surface area (Å²) in [6, 6.07) is 2.40. The van der Waals surface area contributed by atoms with Crippen LogP contribution in [0.25, 0.3) is 0 Å². The van der Waals surface area contributed by atoms with Crippen LogP contribution in [0.15, 0.2) is 17.0 Å². The molecule has 1 aromatic carbocycles. The monoisotopic (exact) mass is 274 g/mol. The first-order valence-corrected chi connectivity index (χ1v) is 7.15. The van der Waals surface area contributed by atoms with Crippen molar-refractivity contribution in [2.24, 2.45) is 5.73 Å². The van der Waals surface area contributed by atoms with Gasteiger partial charge >= 0.3 is 0 Å². The van der Waals surface area contributed by atoms with E-state index in [4.69, 9.17) is 10.5 Å². The maximum absolute atomic E-state index is 13.8. The lowest BCUT2D eigenvalue weighted by Gasteiger charge is -2.08. The van der Waals surface area contributed by atoms with Crippen LogP contribution >= 0.6 is 0 Å². The Hall–Kier alpha value is -1.18. The van der Waals surface area contributed by atoms with Gasteiger partial charge in [0.1, 0.15) is 6.10 Å². The van der Waals surface area contributed by atoms with Crippen molar-refractivity contribution >= 4 is 10.0 Å². The summed E-state index contributed by atoms with van der Waals surface area (Å²) in [6.07, 6.45) is 0.143. The van der Waals surface area contributed by atoms with Gasteiger partial charge in [-0.25, -0.2) is 17.5 Å². The second-order valence-corrected chi connectivity index (χ2v) is 5.84. The number of sulfonamides is 1. The zero-order chi connectivity index (χ0) is 13.3. The molecule has 1 aliphatic rings. The molecular formula is C11H15FN2O3S. The van der Waals surface area contributed by atoms with E-state index in [1.165, 1.54) is 6.07 Å². The number of ether oxygens (including phenoxy) is 1. The number of halogens is 1. The summed E-state index contributed by atoms with van der Waals surface area (Å²) in [6.45, 7) is 2.18. The average molecular weight is 274 g/mol. The van der Waals surface area contributed by atoms with Crippen molar-refractivity contribution in [1.29, 1.82) is 0 Å². The van der Waals surface area contributed by atoms with E-state index in [0.29, 0.717) is 12.0 Å². The number of hydrogen-bond donors (Lipinski definition) is 2. The first-order chi connectivity index (χ1) is 8.47. The van der Waals surface area contributed by atoms with Gasteiger partial charge in [0.05, 0.1) is 4.90 Å². The topological polar surface area (TPSA) is 81.4 Å². The molecule has 3 N–H and O–H groups in total. The van der Waals surface area contributed by atoms with E-state index in [2.05, 4.69) is 4.72 Å². The molecule has 0 spiro atoms. The third-order valence-electron chi connectivity index (χ3n) is 2.73. The molecule has 1 atom stereocenters. The molecule has 0 radical (unpaired) electrons. The Morgan fingerprint density at radius 2 is 2.28 bits per heavy atom. The molecule has 0 saturated carbocycles. The molecule has 0 bridgehead atoms. The van der Waals surface area contributed by atoms with Crippen molar-refractivity contribution in [3.05, 3.63) is 23.5 Å². The minimum absolute atomic E-state index is 0.0816. The quantitative estimate of drug-likeness (QED) is 0.832. The van der Waals surface area contributed by atoms with E-state index in [9.17, 15) is 12.8 Å². The fraction of sp³-hybridized carbons (Fsp3) is 0.455. The SMILES string of the molecule is CCNS(=O)(=O)c1cc(F)c2c(c1)CC(CN)O2. The summed E-state index contributed by atoms with van der Waals surface area (Å²) < 4.78 is 45.0. The lowest BCUT2D eigenvalue weighted by Crippen LogP contribution is -2.24. The lowest BCUT2D eigenvalue weighted by atomic mass is 10.1. The smallest absolute Gasteiger partial charge is 0.240 e. The van der Waals surface area contributed by atoms with Crippen LogP contribution in [0, 0.1) is 5.82 Å². The fourth-order valence-corrected chi connectivity index (χ4v) is 3.02. The molecule has 1 unspecified atom stereocenters. The number of rotatable bonds is 4. The van der Waals surface area contributed by atoms with Crippen LogP contribution in [0.2, 0.25) is 0 Å². The zero-order valence-corrected chi connectivity index (χ0v) is 10.8. The molecule has 2 rings (SSSR count). The highest BCUT2D eigenvalue weighted by Crippen LogP contribution is 2.33. The number of nitrogens with one attached hydrogen (secondary N) is 1. The van der Waals surface area contributed by atoms with Gasteiger partial charge in [-0.05, 0) is 12.1 Å². The summed E-state index contributed by atoms with van der Waals surface area (Å²) in [7, 11) is -3.66. The van der Waals surface area contributed by atoms with E-state index >= 15 is 0 Å². The Labute approximate surface area is 105 Å². The van der Waals surface area contributed by atoms with Gasteiger partial charge in [-0.2, -0.15) is 0 Å². The molecule has 0 fully saturated rings. The van der Waals surface area contributed by atoms with Gasteiger partial charge in [-0.15, -0.1) is 0 Å². The number of fused-ring (bicyclic) bond motifs is 1. The number of benzene rings is 1.